The lowest BCUT2D eigenvalue weighted by Crippen LogP contribution is -2.54. The number of piperidine rings is 1. The van der Waals surface area contributed by atoms with Crippen molar-refractivity contribution in [3.05, 3.63) is 0 Å². The zero-order chi connectivity index (χ0) is 14.3. The van der Waals surface area contributed by atoms with Crippen LogP contribution in [0.15, 0.2) is 0 Å². The minimum Gasteiger partial charge on any atom is -0.315 e. The maximum atomic E-state index is 12.4. The molecule has 0 bridgehead atoms. The van der Waals surface area contributed by atoms with Gasteiger partial charge in [0.2, 0.25) is 0 Å². The third-order valence-corrected chi connectivity index (χ3v) is 5.91. The predicted molar refractivity (Wildman–Crippen MR) is 82.8 cm³/mol. The molecule has 0 amide bonds. The first kappa shape index (κ1) is 17.2. The number of nitrogens with zero attached hydrogens (tertiary/aromatic N) is 1. The monoisotopic (exact) mass is 309 g/mol. The molecule has 2 unspecified atom stereocenters. The first-order valence-corrected chi connectivity index (χ1v) is 9.83. The minimum absolute atomic E-state index is 0.0262. The van der Waals surface area contributed by atoms with Crippen molar-refractivity contribution in [1.29, 1.82) is 0 Å². The first-order chi connectivity index (χ1) is 9.01. The molecule has 1 rings (SSSR count). The Morgan fingerprint density at radius 2 is 2.16 bits per heavy atom. The van der Waals surface area contributed by atoms with Crippen molar-refractivity contribution in [1.82, 2.24) is 14.3 Å². The van der Waals surface area contributed by atoms with E-state index in [-0.39, 0.29) is 12.1 Å². The number of likely N-dealkylation sites (N-methyl/N-ethyl adjacent to an activating group) is 1. The van der Waals surface area contributed by atoms with Crippen LogP contribution < -0.4 is 10.0 Å². The highest BCUT2D eigenvalue weighted by atomic mass is 32.2. The summed E-state index contributed by atoms with van der Waals surface area (Å²) in [6, 6.07) is 0.0643. The first-order valence-electron chi connectivity index (χ1n) is 7.00. The standard InChI is InChI=1S/C12H27N3O2S2/c1-4-13-9-12-7-5-6-8-15(12)19(16,17)14-11(2)10-18-3/h11-14H,4-10H2,1-3H3. The second-order valence-electron chi connectivity index (χ2n) is 5.05. The van der Waals surface area contributed by atoms with Gasteiger partial charge in [0.15, 0.2) is 0 Å². The Morgan fingerprint density at radius 3 is 2.79 bits per heavy atom. The molecule has 5 nitrogen and oxygen atoms in total. The maximum Gasteiger partial charge on any atom is 0.280 e. The fourth-order valence-electron chi connectivity index (χ4n) is 2.41. The summed E-state index contributed by atoms with van der Waals surface area (Å²) >= 11 is 1.65. The van der Waals surface area contributed by atoms with Gasteiger partial charge in [0, 0.05) is 30.9 Å². The Balaban J connectivity index is 2.66. The SMILES string of the molecule is CCNCC1CCCCN1S(=O)(=O)NC(C)CSC. The van der Waals surface area contributed by atoms with Crippen molar-refractivity contribution in [2.45, 2.75) is 45.2 Å². The van der Waals surface area contributed by atoms with E-state index in [1.54, 1.807) is 16.1 Å². The summed E-state index contributed by atoms with van der Waals surface area (Å²) < 4.78 is 29.3. The molecule has 0 radical (unpaired) electrons. The quantitative estimate of drug-likeness (QED) is 0.703. The maximum absolute atomic E-state index is 12.4. The van der Waals surface area contributed by atoms with Gasteiger partial charge in [-0.15, -0.1) is 0 Å². The molecule has 19 heavy (non-hydrogen) atoms. The molecule has 1 saturated heterocycles. The topological polar surface area (TPSA) is 61.4 Å². The summed E-state index contributed by atoms with van der Waals surface area (Å²) in [5.74, 6) is 0.797. The lowest BCUT2D eigenvalue weighted by Gasteiger charge is -2.35. The van der Waals surface area contributed by atoms with E-state index in [1.165, 1.54) is 0 Å². The van der Waals surface area contributed by atoms with E-state index >= 15 is 0 Å². The molecule has 0 spiro atoms. The van der Waals surface area contributed by atoms with Gasteiger partial charge in [0.25, 0.3) is 10.2 Å². The van der Waals surface area contributed by atoms with Crippen molar-refractivity contribution in [2.75, 3.05) is 31.6 Å². The summed E-state index contributed by atoms with van der Waals surface area (Å²) in [5, 5.41) is 3.26. The Bertz CT molecular complexity index is 349. The van der Waals surface area contributed by atoms with Crippen LogP contribution in [-0.2, 0) is 10.2 Å². The lowest BCUT2D eigenvalue weighted by atomic mass is 10.1. The van der Waals surface area contributed by atoms with Crippen molar-refractivity contribution in [3.8, 4) is 0 Å². The highest BCUT2D eigenvalue weighted by molar-refractivity contribution is 7.98. The normalized spacial score (nSPS) is 23.4. The zero-order valence-electron chi connectivity index (χ0n) is 12.2. The van der Waals surface area contributed by atoms with Crippen LogP contribution in [0.5, 0.6) is 0 Å². The van der Waals surface area contributed by atoms with E-state index in [4.69, 9.17) is 0 Å². The van der Waals surface area contributed by atoms with Crippen LogP contribution in [0.3, 0.4) is 0 Å². The fourth-order valence-corrected chi connectivity index (χ4v) is 4.77. The zero-order valence-corrected chi connectivity index (χ0v) is 13.8. The van der Waals surface area contributed by atoms with E-state index in [9.17, 15) is 8.42 Å². The van der Waals surface area contributed by atoms with Gasteiger partial charge in [-0.1, -0.05) is 13.3 Å². The van der Waals surface area contributed by atoms with Gasteiger partial charge >= 0.3 is 0 Å². The third-order valence-electron chi connectivity index (χ3n) is 3.28. The number of nitrogens with one attached hydrogen (secondary N) is 2. The molecule has 114 valence electrons. The Hall–Kier alpha value is 0.180. The van der Waals surface area contributed by atoms with Crippen LogP contribution in [0.2, 0.25) is 0 Å². The average Bonchev–Trinajstić information content (AvgIpc) is 2.36. The molecule has 1 heterocycles. The van der Waals surface area contributed by atoms with Crippen molar-refractivity contribution in [3.63, 3.8) is 0 Å². The Kier molecular flexibility index (Phi) is 7.68. The minimum atomic E-state index is -3.35. The number of rotatable bonds is 8. The molecule has 0 saturated carbocycles. The fraction of sp³-hybridized carbons (Fsp3) is 1.00. The third kappa shape index (κ3) is 5.59. The second-order valence-corrected chi connectivity index (χ2v) is 7.61. The van der Waals surface area contributed by atoms with Crippen LogP contribution >= 0.6 is 11.8 Å². The number of thioether (sulfide) groups is 1. The molecular weight excluding hydrogens is 282 g/mol. The van der Waals surface area contributed by atoms with Crippen LogP contribution in [0.4, 0.5) is 0 Å². The van der Waals surface area contributed by atoms with E-state index in [2.05, 4.69) is 10.0 Å². The molecule has 2 N–H and O–H groups in total. The molecular formula is C12H27N3O2S2. The van der Waals surface area contributed by atoms with Crippen molar-refractivity contribution >= 4 is 22.0 Å². The summed E-state index contributed by atoms with van der Waals surface area (Å²) in [6.45, 7) is 6.21. The van der Waals surface area contributed by atoms with E-state index < -0.39 is 10.2 Å². The molecule has 1 aliphatic heterocycles. The molecule has 0 aromatic heterocycles. The van der Waals surface area contributed by atoms with E-state index in [0.717, 1.165) is 38.1 Å². The van der Waals surface area contributed by atoms with Gasteiger partial charge in [-0.25, -0.2) is 0 Å². The van der Waals surface area contributed by atoms with Gasteiger partial charge < -0.3 is 5.32 Å². The molecule has 0 aliphatic carbocycles. The van der Waals surface area contributed by atoms with Crippen LogP contribution in [0.1, 0.15) is 33.1 Å². The average molecular weight is 310 g/mol. The van der Waals surface area contributed by atoms with Gasteiger partial charge in [0.1, 0.15) is 0 Å². The van der Waals surface area contributed by atoms with Crippen molar-refractivity contribution in [2.24, 2.45) is 0 Å². The summed E-state index contributed by atoms with van der Waals surface area (Å²) in [5.41, 5.74) is 0. The molecule has 1 aliphatic rings. The molecule has 0 aromatic carbocycles. The van der Waals surface area contributed by atoms with Gasteiger partial charge in [-0.2, -0.15) is 29.2 Å². The molecule has 2 atom stereocenters. The van der Waals surface area contributed by atoms with Gasteiger partial charge in [-0.05, 0) is 32.6 Å². The predicted octanol–water partition coefficient (Wildman–Crippen LogP) is 1.04. The van der Waals surface area contributed by atoms with Gasteiger partial charge in [0.05, 0.1) is 0 Å². The smallest absolute Gasteiger partial charge is 0.280 e. The van der Waals surface area contributed by atoms with E-state index in [1.807, 2.05) is 20.1 Å². The Labute approximate surface area is 122 Å². The molecule has 0 aromatic rings. The summed E-state index contributed by atoms with van der Waals surface area (Å²) in [6.07, 6.45) is 5.01. The number of hydrogen-bond acceptors (Lipinski definition) is 4. The van der Waals surface area contributed by atoms with Crippen LogP contribution in [-0.4, -0.2) is 56.4 Å². The lowest BCUT2D eigenvalue weighted by molar-refractivity contribution is 0.243. The van der Waals surface area contributed by atoms with Gasteiger partial charge in [-0.3, -0.25) is 0 Å². The second kappa shape index (κ2) is 8.46. The molecule has 1 fully saturated rings. The van der Waals surface area contributed by atoms with Crippen molar-refractivity contribution < 1.29 is 8.42 Å². The summed E-state index contributed by atoms with van der Waals surface area (Å²) in [4.78, 5) is 0. The Morgan fingerprint density at radius 1 is 1.42 bits per heavy atom. The molecule has 7 heteroatoms. The highest BCUT2D eigenvalue weighted by Crippen LogP contribution is 2.19. The summed E-state index contributed by atoms with van der Waals surface area (Å²) in [7, 11) is -3.35. The number of hydrogen-bond donors (Lipinski definition) is 2. The highest BCUT2D eigenvalue weighted by Gasteiger charge is 2.32. The largest absolute Gasteiger partial charge is 0.315 e. The van der Waals surface area contributed by atoms with Crippen LogP contribution in [0.25, 0.3) is 0 Å². The van der Waals surface area contributed by atoms with E-state index in [0.29, 0.717) is 6.54 Å². The van der Waals surface area contributed by atoms with Crippen LogP contribution in [0, 0.1) is 0 Å².